The van der Waals surface area contributed by atoms with E-state index in [0.29, 0.717) is 23.7 Å². The van der Waals surface area contributed by atoms with Gasteiger partial charge in [-0.05, 0) is 43.7 Å². The Kier molecular flexibility index (Phi) is 6.26. The Labute approximate surface area is 164 Å². The van der Waals surface area contributed by atoms with Crippen LogP contribution in [0.2, 0.25) is 0 Å². The van der Waals surface area contributed by atoms with Crippen LogP contribution in [0.4, 0.5) is 11.4 Å². The largest absolute Gasteiger partial charge is 0.467 e. The Bertz CT molecular complexity index is 922. The highest BCUT2D eigenvalue weighted by Gasteiger charge is 2.16. The number of aliphatic imine (C=N–C) groups is 1. The van der Waals surface area contributed by atoms with Crippen molar-refractivity contribution >= 4 is 23.5 Å². The third kappa shape index (κ3) is 4.49. The molecule has 2 aromatic heterocycles. The average Bonchev–Trinajstić information content (AvgIpc) is 3.36. The van der Waals surface area contributed by atoms with Crippen LogP contribution in [0.25, 0.3) is 0 Å². The molecule has 0 aliphatic heterocycles. The molecule has 146 valence electrons. The van der Waals surface area contributed by atoms with Crippen molar-refractivity contribution in [3.05, 3.63) is 65.9 Å². The zero-order valence-electron chi connectivity index (χ0n) is 16.4. The van der Waals surface area contributed by atoms with Crippen molar-refractivity contribution < 1.29 is 9.21 Å². The van der Waals surface area contributed by atoms with Crippen LogP contribution < -0.4 is 10.2 Å². The first-order valence-corrected chi connectivity index (χ1v) is 9.34. The van der Waals surface area contributed by atoms with Gasteiger partial charge in [0, 0.05) is 32.0 Å². The van der Waals surface area contributed by atoms with Crippen molar-refractivity contribution in [2.24, 2.45) is 12.0 Å². The van der Waals surface area contributed by atoms with Gasteiger partial charge in [-0.25, -0.2) is 0 Å². The molecule has 3 rings (SSSR count). The molecular weight excluding hydrogens is 354 g/mol. The van der Waals surface area contributed by atoms with Gasteiger partial charge in [0.25, 0.3) is 5.91 Å². The van der Waals surface area contributed by atoms with Gasteiger partial charge in [-0.1, -0.05) is 12.1 Å². The normalized spacial score (nSPS) is 11.1. The topological polar surface area (TPSA) is 75.7 Å². The molecule has 7 heteroatoms. The summed E-state index contributed by atoms with van der Waals surface area (Å²) >= 11 is 0. The molecule has 0 saturated heterocycles. The summed E-state index contributed by atoms with van der Waals surface area (Å²) in [5, 5.41) is 6.99. The number of carbonyl (C=O) groups is 1. The van der Waals surface area contributed by atoms with Gasteiger partial charge >= 0.3 is 0 Å². The monoisotopic (exact) mass is 379 g/mol. The van der Waals surface area contributed by atoms with E-state index in [-0.39, 0.29) is 5.91 Å². The maximum Gasteiger partial charge on any atom is 0.272 e. The van der Waals surface area contributed by atoms with Gasteiger partial charge in [-0.2, -0.15) is 5.10 Å². The number of anilines is 1. The molecule has 1 aromatic carbocycles. The van der Waals surface area contributed by atoms with Crippen LogP contribution in [-0.2, 0) is 13.6 Å². The highest BCUT2D eigenvalue weighted by atomic mass is 16.3. The van der Waals surface area contributed by atoms with Crippen LogP contribution in [0.3, 0.4) is 0 Å². The van der Waals surface area contributed by atoms with Crippen LogP contribution in [0.15, 0.2) is 58.3 Å². The number of hydrogen-bond acceptors (Lipinski definition) is 5. The van der Waals surface area contributed by atoms with Crippen molar-refractivity contribution in [1.82, 2.24) is 15.1 Å². The lowest BCUT2D eigenvalue weighted by atomic mass is 10.2. The number of aryl methyl sites for hydroxylation is 1. The molecule has 1 N–H and O–H groups in total. The van der Waals surface area contributed by atoms with Crippen molar-refractivity contribution in [1.29, 1.82) is 0 Å². The number of benzene rings is 1. The molecule has 0 bridgehead atoms. The maximum atomic E-state index is 12.5. The maximum absolute atomic E-state index is 12.5. The van der Waals surface area contributed by atoms with Gasteiger partial charge < -0.3 is 14.6 Å². The minimum Gasteiger partial charge on any atom is -0.467 e. The van der Waals surface area contributed by atoms with Crippen molar-refractivity contribution in [2.45, 2.75) is 20.4 Å². The first kappa shape index (κ1) is 19.4. The molecule has 0 unspecified atom stereocenters. The summed E-state index contributed by atoms with van der Waals surface area (Å²) in [4.78, 5) is 19.3. The summed E-state index contributed by atoms with van der Waals surface area (Å²) in [5.41, 5.74) is 3.07. The zero-order valence-corrected chi connectivity index (χ0v) is 16.4. The fraction of sp³-hybridized carbons (Fsp3) is 0.286. The number of rotatable bonds is 8. The molecule has 3 aromatic rings. The van der Waals surface area contributed by atoms with Crippen molar-refractivity contribution in [2.75, 3.05) is 18.0 Å². The van der Waals surface area contributed by atoms with Gasteiger partial charge in [-0.15, -0.1) is 0 Å². The first-order chi connectivity index (χ1) is 13.6. The van der Waals surface area contributed by atoms with Crippen LogP contribution in [0, 0.1) is 0 Å². The van der Waals surface area contributed by atoms with E-state index in [1.807, 2.05) is 18.2 Å². The van der Waals surface area contributed by atoms with E-state index >= 15 is 0 Å². The van der Waals surface area contributed by atoms with Gasteiger partial charge in [-0.3, -0.25) is 14.5 Å². The number of nitrogens with zero attached hydrogens (tertiary/aromatic N) is 4. The molecule has 0 fully saturated rings. The molecule has 28 heavy (non-hydrogen) atoms. The molecule has 7 nitrogen and oxygen atoms in total. The number of hydrogen-bond donors (Lipinski definition) is 1. The second-order valence-corrected chi connectivity index (χ2v) is 6.29. The second kappa shape index (κ2) is 9.03. The fourth-order valence-corrected chi connectivity index (χ4v) is 2.95. The third-order valence-corrected chi connectivity index (χ3v) is 4.51. The van der Waals surface area contributed by atoms with E-state index in [2.05, 4.69) is 46.3 Å². The minimum absolute atomic E-state index is 0.250. The number of aromatic nitrogens is 2. The van der Waals surface area contributed by atoms with Crippen LogP contribution >= 0.6 is 0 Å². The van der Waals surface area contributed by atoms with Crippen molar-refractivity contribution in [3.63, 3.8) is 0 Å². The van der Waals surface area contributed by atoms with Gasteiger partial charge in [0.1, 0.15) is 11.4 Å². The van der Waals surface area contributed by atoms with E-state index in [1.54, 1.807) is 31.8 Å². The van der Waals surface area contributed by atoms with Crippen LogP contribution in [0.1, 0.15) is 35.7 Å². The van der Waals surface area contributed by atoms with Gasteiger partial charge in [0.15, 0.2) is 5.69 Å². The zero-order chi connectivity index (χ0) is 19.9. The van der Waals surface area contributed by atoms with E-state index in [0.717, 1.165) is 18.7 Å². The highest BCUT2D eigenvalue weighted by molar-refractivity contribution is 5.98. The Morgan fingerprint density at radius 2 is 2.00 bits per heavy atom. The Morgan fingerprint density at radius 1 is 1.25 bits per heavy atom. The van der Waals surface area contributed by atoms with E-state index < -0.39 is 0 Å². The standard InChI is InChI=1S/C21H25N5O2/c1-4-26(5-2)17-10-8-16(9-11-17)13-22-19-15-24-25(3)20(19)21(27)23-14-18-7-6-12-28-18/h6-13,15H,4-5,14H2,1-3H3,(H,23,27). The van der Waals surface area contributed by atoms with Gasteiger partial charge in [0.2, 0.25) is 0 Å². The second-order valence-electron chi connectivity index (χ2n) is 6.29. The number of amides is 1. The van der Waals surface area contributed by atoms with Crippen molar-refractivity contribution in [3.8, 4) is 0 Å². The molecule has 0 spiro atoms. The lowest BCUT2D eigenvalue weighted by molar-refractivity contribution is 0.0939. The smallest absolute Gasteiger partial charge is 0.272 e. The molecule has 0 radical (unpaired) electrons. The summed E-state index contributed by atoms with van der Waals surface area (Å²) in [5.74, 6) is 0.439. The molecular formula is C21H25N5O2. The quantitative estimate of drug-likeness (QED) is 0.608. The Morgan fingerprint density at radius 3 is 2.64 bits per heavy atom. The summed E-state index contributed by atoms with van der Waals surface area (Å²) in [7, 11) is 1.72. The molecule has 0 saturated carbocycles. The summed E-state index contributed by atoms with van der Waals surface area (Å²) in [6, 6.07) is 11.8. The number of nitrogens with one attached hydrogen (secondary N) is 1. The number of furan rings is 1. The first-order valence-electron chi connectivity index (χ1n) is 9.34. The van der Waals surface area contributed by atoms with E-state index in [4.69, 9.17) is 4.42 Å². The highest BCUT2D eigenvalue weighted by Crippen LogP contribution is 2.19. The number of carbonyl (C=O) groups excluding carboxylic acids is 1. The molecule has 0 aliphatic rings. The summed E-state index contributed by atoms with van der Waals surface area (Å²) in [6.07, 6.45) is 4.90. The summed E-state index contributed by atoms with van der Waals surface area (Å²) < 4.78 is 6.76. The molecule has 0 atom stereocenters. The van der Waals surface area contributed by atoms with Crippen LogP contribution in [0.5, 0.6) is 0 Å². The van der Waals surface area contributed by atoms with E-state index in [9.17, 15) is 4.79 Å². The lowest BCUT2D eigenvalue weighted by Gasteiger charge is -2.20. The van der Waals surface area contributed by atoms with E-state index in [1.165, 1.54) is 10.4 Å². The van der Waals surface area contributed by atoms with Crippen LogP contribution in [-0.4, -0.2) is 35.0 Å². The minimum atomic E-state index is -0.250. The average molecular weight is 379 g/mol. The lowest BCUT2D eigenvalue weighted by Crippen LogP contribution is -2.25. The SMILES string of the molecule is CCN(CC)c1ccc(C=Nc2cnn(C)c2C(=O)NCc2ccco2)cc1. The van der Waals surface area contributed by atoms with Gasteiger partial charge in [0.05, 0.1) is 19.0 Å². The predicted octanol–water partition coefficient (Wildman–Crippen LogP) is 3.54. The predicted molar refractivity (Wildman–Crippen MR) is 110 cm³/mol. The Hall–Kier alpha value is -3.35. The Balaban J connectivity index is 1.71. The third-order valence-electron chi connectivity index (χ3n) is 4.51. The molecule has 0 aliphatic carbocycles. The molecule has 2 heterocycles. The summed E-state index contributed by atoms with van der Waals surface area (Å²) in [6.45, 7) is 6.53. The fourth-order valence-electron chi connectivity index (χ4n) is 2.95. The molecule has 1 amide bonds.